The highest BCUT2D eigenvalue weighted by Gasteiger charge is 2.33. The van der Waals surface area contributed by atoms with E-state index in [9.17, 15) is 14.7 Å². The lowest BCUT2D eigenvalue weighted by atomic mass is 10.0. The van der Waals surface area contributed by atoms with E-state index in [2.05, 4.69) is 26.7 Å². The van der Waals surface area contributed by atoms with Crippen LogP contribution in [0.1, 0.15) is 49.8 Å². The van der Waals surface area contributed by atoms with Crippen molar-refractivity contribution < 1.29 is 9.90 Å². The molecule has 0 atom stereocenters. The van der Waals surface area contributed by atoms with Crippen LogP contribution in [0.5, 0.6) is 0 Å². The minimum absolute atomic E-state index is 0.134. The smallest absolute Gasteiger partial charge is 0.275 e. The molecule has 7 rings (SSSR count). The van der Waals surface area contributed by atoms with Crippen LogP contribution in [0.25, 0.3) is 11.1 Å². The monoisotopic (exact) mass is 596 g/mol. The number of aliphatic hydroxyl groups excluding tert-OH is 1. The largest absolute Gasteiger partial charge is 0.392 e. The number of nitrogens with zero attached hydrogens (tertiary/aromatic N) is 7. The fourth-order valence-electron chi connectivity index (χ4n) is 6.73. The first-order chi connectivity index (χ1) is 21.4. The molecule has 4 aliphatic rings. The molecular formula is C33H40N8O3. The zero-order chi connectivity index (χ0) is 30.4. The van der Waals surface area contributed by atoms with Gasteiger partial charge in [-0.25, -0.2) is 4.98 Å². The highest BCUT2D eigenvalue weighted by atomic mass is 16.3. The lowest BCUT2D eigenvalue weighted by Gasteiger charge is -2.37. The predicted molar refractivity (Wildman–Crippen MR) is 169 cm³/mol. The van der Waals surface area contributed by atoms with Gasteiger partial charge < -0.3 is 19.9 Å². The van der Waals surface area contributed by atoms with Crippen LogP contribution in [0.3, 0.4) is 0 Å². The van der Waals surface area contributed by atoms with Gasteiger partial charge in [-0.05, 0) is 55.9 Å². The number of hydrogen-bond acceptors (Lipinski definition) is 8. The number of piperazine rings is 1. The van der Waals surface area contributed by atoms with Crippen LogP contribution in [0.4, 0.5) is 17.3 Å². The Morgan fingerprint density at radius 2 is 1.93 bits per heavy atom. The minimum atomic E-state index is -0.311. The molecule has 0 spiro atoms. The fraction of sp³-hybridized carbons (Fsp3) is 0.455. The van der Waals surface area contributed by atoms with Crippen LogP contribution < -0.4 is 15.8 Å². The molecule has 44 heavy (non-hydrogen) atoms. The maximum atomic E-state index is 13.9. The van der Waals surface area contributed by atoms with Crippen molar-refractivity contribution in [2.75, 3.05) is 36.4 Å². The van der Waals surface area contributed by atoms with E-state index in [1.807, 2.05) is 22.9 Å². The number of fused-ring (bicyclic) bond motifs is 2. The summed E-state index contributed by atoms with van der Waals surface area (Å²) in [4.78, 5) is 38.0. The number of carbonyl (C=O) groups is 1. The first kappa shape index (κ1) is 28.5. The molecule has 11 heteroatoms. The van der Waals surface area contributed by atoms with Crippen LogP contribution in [0.2, 0.25) is 0 Å². The molecule has 3 aromatic rings. The molecule has 0 unspecified atom stereocenters. The normalized spacial score (nSPS) is 20.7. The minimum Gasteiger partial charge on any atom is -0.392 e. The number of aromatic nitrogens is 4. The van der Waals surface area contributed by atoms with Gasteiger partial charge in [0.2, 0.25) is 0 Å². The van der Waals surface area contributed by atoms with Crippen LogP contribution in [-0.2, 0) is 31.5 Å². The number of amides is 1. The Labute approximate surface area is 257 Å². The predicted octanol–water partition coefficient (Wildman–Crippen LogP) is 3.52. The van der Waals surface area contributed by atoms with Gasteiger partial charge in [0.25, 0.3) is 11.5 Å². The molecule has 0 radical (unpaired) electrons. The van der Waals surface area contributed by atoms with Crippen molar-refractivity contribution in [3.63, 3.8) is 0 Å². The van der Waals surface area contributed by atoms with Crippen LogP contribution in [-0.4, -0.2) is 72.4 Å². The summed E-state index contributed by atoms with van der Waals surface area (Å²) in [6.07, 6.45) is 12.0. The summed E-state index contributed by atoms with van der Waals surface area (Å²) >= 11 is 0. The second kappa shape index (κ2) is 11.7. The van der Waals surface area contributed by atoms with E-state index in [1.165, 1.54) is 17.4 Å². The van der Waals surface area contributed by atoms with Crippen molar-refractivity contribution in [1.82, 2.24) is 29.1 Å². The maximum Gasteiger partial charge on any atom is 0.275 e. The van der Waals surface area contributed by atoms with Crippen LogP contribution in [0, 0.1) is 0 Å². The Morgan fingerprint density at radius 1 is 1.07 bits per heavy atom. The number of aliphatic hydroxyl groups is 1. The quantitative estimate of drug-likeness (QED) is 0.445. The van der Waals surface area contributed by atoms with Crippen molar-refractivity contribution >= 4 is 23.2 Å². The van der Waals surface area contributed by atoms with E-state index in [4.69, 9.17) is 5.10 Å². The third kappa shape index (κ3) is 5.46. The molecule has 1 amide bonds. The van der Waals surface area contributed by atoms with Gasteiger partial charge in [-0.15, -0.1) is 0 Å². The first-order valence-corrected chi connectivity index (χ1v) is 15.7. The summed E-state index contributed by atoms with van der Waals surface area (Å²) in [5.41, 5.74) is 4.92. The molecule has 6 heterocycles. The molecule has 0 aromatic carbocycles. The Morgan fingerprint density at radius 3 is 2.75 bits per heavy atom. The number of aryl methyl sites for hydroxylation is 1. The van der Waals surface area contributed by atoms with Crippen LogP contribution in [0.15, 0.2) is 59.3 Å². The van der Waals surface area contributed by atoms with Gasteiger partial charge in [-0.2, -0.15) is 5.10 Å². The molecule has 2 N–H and O–H groups in total. The zero-order valence-electron chi connectivity index (χ0n) is 25.3. The molecule has 0 bridgehead atoms. The summed E-state index contributed by atoms with van der Waals surface area (Å²) in [5.74, 6) is 0.940. The van der Waals surface area contributed by atoms with Crippen molar-refractivity contribution in [2.45, 2.75) is 64.3 Å². The van der Waals surface area contributed by atoms with E-state index in [-0.39, 0.29) is 18.1 Å². The van der Waals surface area contributed by atoms with Gasteiger partial charge in [-0.3, -0.25) is 24.1 Å². The number of hydrogen-bond donors (Lipinski definition) is 2. The Kier molecular flexibility index (Phi) is 7.59. The zero-order valence-corrected chi connectivity index (χ0v) is 25.3. The highest BCUT2D eigenvalue weighted by molar-refractivity contribution is 6.06. The Bertz CT molecular complexity index is 1700. The van der Waals surface area contributed by atoms with Crippen molar-refractivity contribution in [3.05, 3.63) is 76.1 Å². The second-order valence-corrected chi connectivity index (χ2v) is 12.4. The summed E-state index contributed by atoms with van der Waals surface area (Å²) < 4.78 is 3.55. The van der Waals surface area contributed by atoms with Gasteiger partial charge >= 0.3 is 0 Å². The molecule has 230 valence electrons. The van der Waals surface area contributed by atoms with E-state index < -0.39 is 0 Å². The standard InChI is InChI=1S/C33H40N8O3/c1-22-6-4-3-5-11-38-12-14-40(33(44)29(38)16-22)31-27(21-42)26(9-10-34-31)23-17-28(32(43)37(2)19-23)35-30-18-25-20-39(24-7-8-24)13-15-41(25)36-30/h9-10,16-19,24,42H,1,3-8,11-15,20-21H2,2H3,(H,35,36)/b29-16-. The molecule has 11 nitrogen and oxygen atoms in total. The van der Waals surface area contributed by atoms with Gasteiger partial charge in [0.05, 0.1) is 18.8 Å². The van der Waals surface area contributed by atoms with Crippen molar-refractivity contribution in [2.24, 2.45) is 7.05 Å². The van der Waals surface area contributed by atoms with Crippen molar-refractivity contribution in [1.29, 1.82) is 0 Å². The molecule has 2 fully saturated rings. The Balaban J connectivity index is 1.20. The van der Waals surface area contributed by atoms with Gasteiger partial charge in [0.15, 0.2) is 5.82 Å². The lowest BCUT2D eigenvalue weighted by molar-refractivity contribution is -0.117. The lowest BCUT2D eigenvalue weighted by Crippen LogP contribution is -2.49. The van der Waals surface area contributed by atoms with E-state index >= 15 is 0 Å². The SMILES string of the molecule is C=C1/C=C2/C(=O)N(c3nccc(-c4cc(Nc5cc6n(n5)CCN(C5CC5)C6)c(=O)n(C)c4)c3CO)CCN2CCCCC1. The third-order valence-corrected chi connectivity index (χ3v) is 9.26. The number of anilines is 3. The third-order valence-electron chi connectivity index (χ3n) is 9.26. The molecule has 1 aliphatic carbocycles. The molecule has 3 aliphatic heterocycles. The number of rotatable bonds is 6. The summed E-state index contributed by atoms with van der Waals surface area (Å²) in [6.45, 7) is 8.56. The molecule has 1 saturated heterocycles. The van der Waals surface area contributed by atoms with E-state index in [1.54, 1.807) is 30.4 Å². The second-order valence-electron chi connectivity index (χ2n) is 12.4. The number of nitrogens with one attached hydrogen (secondary N) is 1. The van der Waals surface area contributed by atoms with Gasteiger partial charge in [-0.1, -0.05) is 18.6 Å². The van der Waals surface area contributed by atoms with Crippen molar-refractivity contribution in [3.8, 4) is 11.1 Å². The molecule has 1 saturated carbocycles. The molecular weight excluding hydrogens is 556 g/mol. The average molecular weight is 597 g/mol. The fourth-order valence-corrected chi connectivity index (χ4v) is 6.73. The highest BCUT2D eigenvalue weighted by Crippen LogP contribution is 2.34. The number of allylic oxidation sites excluding steroid dienone is 2. The maximum absolute atomic E-state index is 13.9. The number of pyridine rings is 2. The van der Waals surface area contributed by atoms with Gasteiger partial charge in [0.1, 0.15) is 17.2 Å². The topological polar surface area (TPSA) is 112 Å². The number of carbonyl (C=O) groups excluding carboxylic acids is 1. The Hall–Kier alpha value is -4.22. The summed E-state index contributed by atoms with van der Waals surface area (Å²) in [5, 5.41) is 18.6. The van der Waals surface area contributed by atoms with E-state index in [0.29, 0.717) is 53.3 Å². The van der Waals surface area contributed by atoms with E-state index in [0.717, 1.165) is 68.7 Å². The summed E-state index contributed by atoms with van der Waals surface area (Å²) in [7, 11) is 1.71. The summed E-state index contributed by atoms with van der Waals surface area (Å²) in [6, 6.07) is 6.33. The first-order valence-electron chi connectivity index (χ1n) is 15.7. The van der Waals surface area contributed by atoms with Gasteiger partial charge in [0, 0.05) is 75.4 Å². The molecule has 3 aromatic heterocycles. The average Bonchev–Trinajstić information content (AvgIpc) is 3.78. The van der Waals surface area contributed by atoms with Crippen LogP contribution >= 0.6 is 0 Å².